The van der Waals surface area contributed by atoms with Gasteiger partial charge in [-0.15, -0.1) is 0 Å². The van der Waals surface area contributed by atoms with Crippen LogP contribution in [0.5, 0.6) is 0 Å². The highest BCUT2D eigenvalue weighted by atomic mass is 16.6. The van der Waals surface area contributed by atoms with E-state index in [4.69, 9.17) is 4.74 Å². The van der Waals surface area contributed by atoms with Crippen LogP contribution in [-0.2, 0) is 4.74 Å². The molecule has 2 N–H and O–H groups in total. The summed E-state index contributed by atoms with van der Waals surface area (Å²) in [6.45, 7) is 16.7. The van der Waals surface area contributed by atoms with E-state index in [0.717, 1.165) is 18.9 Å². The van der Waals surface area contributed by atoms with Crippen molar-refractivity contribution in [2.75, 3.05) is 26.2 Å². The number of hydrogen-bond donors (Lipinski definition) is 2. The number of amides is 1. The lowest BCUT2D eigenvalue weighted by molar-refractivity contribution is 0.0501. The van der Waals surface area contributed by atoms with Crippen LogP contribution < -0.4 is 10.6 Å². The molecular formula is C18H37N3O2. The van der Waals surface area contributed by atoms with Crippen LogP contribution in [0.2, 0.25) is 0 Å². The van der Waals surface area contributed by atoms with Gasteiger partial charge in [0.15, 0.2) is 0 Å². The van der Waals surface area contributed by atoms with Crippen molar-refractivity contribution in [3.63, 3.8) is 0 Å². The average molecular weight is 328 g/mol. The molecule has 5 heteroatoms. The van der Waals surface area contributed by atoms with Gasteiger partial charge in [-0.2, -0.15) is 0 Å². The molecule has 136 valence electrons. The summed E-state index contributed by atoms with van der Waals surface area (Å²) >= 11 is 0. The number of nitrogens with one attached hydrogen (secondary N) is 2. The quantitative estimate of drug-likeness (QED) is 0.755. The van der Waals surface area contributed by atoms with Gasteiger partial charge in [0.05, 0.1) is 0 Å². The average Bonchev–Trinajstić information content (AvgIpc) is 2.42. The van der Waals surface area contributed by atoms with Crippen molar-refractivity contribution in [1.29, 1.82) is 0 Å². The van der Waals surface area contributed by atoms with Crippen LogP contribution in [0.15, 0.2) is 0 Å². The lowest BCUT2D eigenvalue weighted by Gasteiger charge is -2.34. The van der Waals surface area contributed by atoms with Crippen LogP contribution >= 0.6 is 0 Å². The highest BCUT2D eigenvalue weighted by Crippen LogP contribution is 2.12. The third-order valence-corrected chi connectivity index (χ3v) is 4.08. The Morgan fingerprint density at radius 3 is 2.35 bits per heavy atom. The SMILES string of the molecule is CCC(CNC1CCN(CC(C)C)CC1)NC(=O)OC(C)(C)C. The monoisotopic (exact) mass is 327 g/mol. The molecule has 1 aliphatic rings. The summed E-state index contributed by atoms with van der Waals surface area (Å²) < 4.78 is 5.33. The smallest absolute Gasteiger partial charge is 0.407 e. The Bertz CT molecular complexity index is 345. The number of ether oxygens (including phenoxy) is 1. The first-order valence-electron chi connectivity index (χ1n) is 9.15. The summed E-state index contributed by atoms with van der Waals surface area (Å²) in [6, 6.07) is 0.687. The maximum atomic E-state index is 11.9. The zero-order valence-corrected chi connectivity index (χ0v) is 15.9. The van der Waals surface area contributed by atoms with Crippen LogP contribution in [0.1, 0.15) is 60.8 Å². The van der Waals surface area contributed by atoms with Gasteiger partial charge >= 0.3 is 6.09 Å². The van der Waals surface area contributed by atoms with Crippen LogP contribution in [0, 0.1) is 5.92 Å². The van der Waals surface area contributed by atoms with Gasteiger partial charge in [-0.3, -0.25) is 0 Å². The predicted molar refractivity (Wildman–Crippen MR) is 95.8 cm³/mol. The van der Waals surface area contributed by atoms with E-state index in [9.17, 15) is 4.79 Å². The first-order valence-corrected chi connectivity index (χ1v) is 9.15. The maximum Gasteiger partial charge on any atom is 0.407 e. The van der Waals surface area contributed by atoms with E-state index in [2.05, 4.69) is 36.3 Å². The number of hydrogen-bond acceptors (Lipinski definition) is 4. The Hall–Kier alpha value is -0.810. The van der Waals surface area contributed by atoms with Crippen molar-refractivity contribution in [2.24, 2.45) is 5.92 Å². The zero-order valence-electron chi connectivity index (χ0n) is 15.9. The molecule has 0 saturated carbocycles. The number of nitrogens with zero attached hydrogens (tertiary/aromatic N) is 1. The second-order valence-corrected chi connectivity index (χ2v) is 8.13. The molecule has 1 fully saturated rings. The molecule has 0 aromatic rings. The molecule has 0 aliphatic carbocycles. The standard InChI is InChI=1S/C18H37N3O2/c1-7-15(20-17(22)23-18(4,5)6)12-19-16-8-10-21(11-9-16)13-14(2)3/h14-16,19H,7-13H2,1-6H3,(H,20,22). The Morgan fingerprint density at radius 1 is 1.26 bits per heavy atom. The molecule has 1 amide bonds. The summed E-state index contributed by atoms with van der Waals surface area (Å²) in [5.41, 5.74) is -0.445. The van der Waals surface area contributed by atoms with Crippen molar-refractivity contribution in [3.8, 4) is 0 Å². The van der Waals surface area contributed by atoms with Gasteiger partial charge in [0.25, 0.3) is 0 Å². The largest absolute Gasteiger partial charge is 0.444 e. The third kappa shape index (κ3) is 9.16. The van der Waals surface area contributed by atoms with Crippen LogP contribution in [-0.4, -0.2) is 54.9 Å². The highest BCUT2D eigenvalue weighted by molar-refractivity contribution is 5.68. The summed E-state index contributed by atoms with van der Waals surface area (Å²) in [5, 5.41) is 6.58. The number of carbonyl (C=O) groups is 1. The number of rotatable bonds is 7. The molecule has 1 heterocycles. The Kier molecular flexibility index (Phi) is 8.34. The summed E-state index contributed by atoms with van der Waals surface area (Å²) in [5.74, 6) is 0.738. The third-order valence-electron chi connectivity index (χ3n) is 4.08. The Morgan fingerprint density at radius 2 is 1.87 bits per heavy atom. The van der Waals surface area contributed by atoms with E-state index in [-0.39, 0.29) is 12.1 Å². The summed E-state index contributed by atoms with van der Waals surface area (Å²) in [4.78, 5) is 14.4. The number of alkyl carbamates (subject to hydrolysis) is 1. The first-order chi connectivity index (χ1) is 10.7. The Balaban J connectivity index is 2.26. The van der Waals surface area contributed by atoms with Crippen molar-refractivity contribution in [2.45, 2.75) is 78.5 Å². The van der Waals surface area contributed by atoms with Gasteiger partial charge in [-0.1, -0.05) is 20.8 Å². The fraction of sp³-hybridized carbons (Fsp3) is 0.944. The molecule has 1 aliphatic heterocycles. The number of carbonyl (C=O) groups excluding carboxylic acids is 1. The second kappa shape index (κ2) is 9.48. The minimum Gasteiger partial charge on any atom is -0.444 e. The molecule has 0 aromatic heterocycles. The van der Waals surface area contributed by atoms with E-state index in [0.29, 0.717) is 6.04 Å². The second-order valence-electron chi connectivity index (χ2n) is 8.13. The van der Waals surface area contributed by atoms with E-state index in [1.165, 1.54) is 32.5 Å². The lowest BCUT2D eigenvalue weighted by Crippen LogP contribution is -2.49. The van der Waals surface area contributed by atoms with E-state index in [1.54, 1.807) is 0 Å². The molecule has 1 unspecified atom stereocenters. The lowest BCUT2D eigenvalue weighted by atomic mass is 10.0. The minimum atomic E-state index is -0.445. The number of likely N-dealkylation sites (tertiary alicyclic amines) is 1. The van der Waals surface area contributed by atoms with E-state index in [1.807, 2.05) is 20.8 Å². The molecule has 1 atom stereocenters. The molecule has 0 radical (unpaired) electrons. The summed E-state index contributed by atoms with van der Waals surface area (Å²) in [7, 11) is 0. The normalized spacial score (nSPS) is 18.9. The zero-order chi connectivity index (χ0) is 17.5. The van der Waals surface area contributed by atoms with Crippen molar-refractivity contribution in [3.05, 3.63) is 0 Å². The van der Waals surface area contributed by atoms with Crippen LogP contribution in [0.3, 0.4) is 0 Å². The number of piperidine rings is 1. The predicted octanol–water partition coefficient (Wildman–Crippen LogP) is 3.00. The van der Waals surface area contributed by atoms with Gasteiger partial charge in [0.1, 0.15) is 5.60 Å². The topological polar surface area (TPSA) is 53.6 Å². The highest BCUT2D eigenvalue weighted by Gasteiger charge is 2.22. The van der Waals surface area contributed by atoms with Crippen molar-refractivity contribution < 1.29 is 9.53 Å². The molecule has 0 bridgehead atoms. The van der Waals surface area contributed by atoms with E-state index < -0.39 is 5.60 Å². The van der Waals surface area contributed by atoms with Gasteiger partial charge in [-0.05, 0) is 59.0 Å². The molecule has 5 nitrogen and oxygen atoms in total. The Labute approximate surface area is 142 Å². The fourth-order valence-electron chi connectivity index (χ4n) is 2.92. The van der Waals surface area contributed by atoms with Gasteiger partial charge in [-0.25, -0.2) is 4.79 Å². The maximum absolute atomic E-state index is 11.9. The molecule has 1 saturated heterocycles. The molecular weight excluding hydrogens is 290 g/mol. The molecule has 23 heavy (non-hydrogen) atoms. The van der Waals surface area contributed by atoms with Gasteiger partial charge < -0.3 is 20.3 Å². The first kappa shape index (κ1) is 20.2. The van der Waals surface area contributed by atoms with E-state index >= 15 is 0 Å². The minimum absolute atomic E-state index is 0.124. The van der Waals surface area contributed by atoms with Crippen molar-refractivity contribution >= 4 is 6.09 Å². The van der Waals surface area contributed by atoms with Crippen molar-refractivity contribution in [1.82, 2.24) is 15.5 Å². The summed E-state index contributed by atoms with van der Waals surface area (Å²) in [6.07, 6.45) is 2.96. The fourth-order valence-corrected chi connectivity index (χ4v) is 2.92. The van der Waals surface area contributed by atoms with Crippen LogP contribution in [0.25, 0.3) is 0 Å². The molecule has 1 rings (SSSR count). The van der Waals surface area contributed by atoms with Crippen LogP contribution in [0.4, 0.5) is 4.79 Å². The molecule has 0 spiro atoms. The van der Waals surface area contributed by atoms with Gasteiger partial charge in [0.2, 0.25) is 0 Å². The molecule has 0 aromatic carbocycles. The van der Waals surface area contributed by atoms with Gasteiger partial charge in [0, 0.05) is 25.2 Å².